The SMILES string of the molecule is NC(=O)OCCc1c(F)cccc1C=O. The van der Waals surface area contributed by atoms with E-state index in [0.29, 0.717) is 6.29 Å². The summed E-state index contributed by atoms with van der Waals surface area (Å²) in [6.45, 7) is -0.0445. The van der Waals surface area contributed by atoms with E-state index in [2.05, 4.69) is 4.74 Å². The highest BCUT2D eigenvalue weighted by Gasteiger charge is 2.08. The summed E-state index contributed by atoms with van der Waals surface area (Å²) in [6, 6.07) is 4.18. The molecular weight excluding hydrogens is 201 g/mol. The van der Waals surface area contributed by atoms with E-state index >= 15 is 0 Å². The number of amides is 1. The lowest BCUT2D eigenvalue weighted by molar-refractivity contribution is 0.112. The Balaban J connectivity index is 2.74. The minimum atomic E-state index is -0.918. The fourth-order valence-electron chi connectivity index (χ4n) is 1.20. The summed E-state index contributed by atoms with van der Waals surface area (Å²) in [6.07, 6.45) is -0.231. The highest BCUT2D eigenvalue weighted by atomic mass is 19.1. The van der Waals surface area contributed by atoms with Gasteiger partial charge in [0.25, 0.3) is 0 Å². The van der Waals surface area contributed by atoms with E-state index in [-0.39, 0.29) is 24.2 Å². The van der Waals surface area contributed by atoms with Crippen molar-refractivity contribution >= 4 is 12.4 Å². The Morgan fingerprint density at radius 1 is 1.53 bits per heavy atom. The summed E-state index contributed by atoms with van der Waals surface area (Å²) < 4.78 is 17.7. The predicted molar refractivity (Wildman–Crippen MR) is 51.0 cm³/mol. The molecule has 15 heavy (non-hydrogen) atoms. The number of hydrogen-bond acceptors (Lipinski definition) is 3. The van der Waals surface area contributed by atoms with E-state index in [0.717, 1.165) is 0 Å². The van der Waals surface area contributed by atoms with Gasteiger partial charge < -0.3 is 10.5 Å². The molecule has 2 N–H and O–H groups in total. The molecule has 0 radical (unpaired) electrons. The van der Waals surface area contributed by atoms with Crippen molar-refractivity contribution in [2.75, 3.05) is 6.61 Å². The molecule has 1 aromatic carbocycles. The number of nitrogens with two attached hydrogens (primary N) is 1. The van der Waals surface area contributed by atoms with Gasteiger partial charge in [0.05, 0.1) is 6.61 Å². The Morgan fingerprint density at radius 3 is 2.87 bits per heavy atom. The maximum atomic E-state index is 13.2. The largest absolute Gasteiger partial charge is 0.449 e. The second kappa shape index (κ2) is 5.09. The highest BCUT2D eigenvalue weighted by Crippen LogP contribution is 2.12. The molecule has 0 unspecified atom stereocenters. The molecule has 80 valence electrons. The van der Waals surface area contributed by atoms with Crippen molar-refractivity contribution in [2.45, 2.75) is 6.42 Å². The Kier molecular flexibility index (Phi) is 3.79. The van der Waals surface area contributed by atoms with Gasteiger partial charge in [0.15, 0.2) is 0 Å². The Bertz CT molecular complexity index is 379. The third kappa shape index (κ3) is 3.05. The quantitative estimate of drug-likeness (QED) is 0.762. The summed E-state index contributed by atoms with van der Waals surface area (Å²) in [7, 11) is 0. The molecule has 0 aliphatic rings. The molecular formula is C10H10FNO3. The Morgan fingerprint density at radius 2 is 2.27 bits per heavy atom. The number of benzene rings is 1. The summed E-state index contributed by atoms with van der Waals surface area (Å²) in [5, 5.41) is 0. The number of carbonyl (C=O) groups excluding carboxylic acids is 2. The molecule has 1 rings (SSSR count). The van der Waals surface area contributed by atoms with E-state index in [1.807, 2.05) is 0 Å². The second-order valence-corrected chi connectivity index (χ2v) is 2.84. The number of aldehydes is 1. The average Bonchev–Trinajstić information content (AvgIpc) is 2.20. The number of hydrogen-bond donors (Lipinski definition) is 1. The molecule has 0 aliphatic carbocycles. The van der Waals surface area contributed by atoms with Crippen LogP contribution in [0.3, 0.4) is 0 Å². The van der Waals surface area contributed by atoms with Gasteiger partial charge in [0, 0.05) is 17.5 Å². The normalized spacial score (nSPS) is 9.67. The van der Waals surface area contributed by atoms with Crippen LogP contribution in [0.15, 0.2) is 18.2 Å². The van der Waals surface area contributed by atoms with Gasteiger partial charge in [0.1, 0.15) is 12.1 Å². The van der Waals surface area contributed by atoms with Gasteiger partial charge in [-0.25, -0.2) is 9.18 Å². The lowest BCUT2D eigenvalue weighted by atomic mass is 10.1. The van der Waals surface area contributed by atoms with E-state index < -0.39 is 11.9 Å². The van der Waals surface area contributed by atoms with Crippen LogP contribution in [0.4, 0.5) is 9.18 Å². The van der Waals surface area contributed by atoms with Crippen LogP contribution in [0.1, 0.15) is 15.9 Å². The zero-order valence-electron chi connectivity index (χ0n) is 7.90. The maximum Gasteiger partial charge on any atom is 0.404 e. The van der Waals surface area contributed by atoms with Gasteiger partial charge in [-0.05, 0) is 6.07 Å². The average molecular weight is 211 g/mol. The zero-order valence-corrected chi connectivity index (χ0v) is 7.90. The molecule has 0 saturated carbocycles. The molecule has 5 heteroatoms. The maximum absolute atomic E-state index is 13.2. The van der Waals surface area contributed by atoms with Crippen molar-refractivity contribution in [1.82, 2.24) is 0 Å². The van der Waals surface area contributed by atoms with Gasteiger partial charge in [-0.15, -0.1) is 0 Å². The molecule has 0 aromatic heterocycles. The second-order valence-electron chi connectivity index (χ2n) is 2.84. The van der Waals surface area contributed by atoms with Crippen LogP contribution in [0.2, 0.25) is 0 Å². The molecule has 0 saturated heterocycles. The lowest BCUT2D eigenvalue weighted by Crippen LogP contribution is -2.15. The number of primary amides is 1. The van der Waals surface area contributed by atoms with Crippen LogP contribution >= 0.6 is 0 Å². The molecule has 1 aromatic rings. The third-order valence-electron chi connectivity index (χ3n) is 1.88. The molecule has 0 atom stereocenters. The van der Waals surface area contributed by atoms with Gasteiger partial charge in [0.2, 0.25) is 0 Å². The van der Waals surface area contributed by atoms with Crippen molar-refractivity contribution in [3.8, 4) is 0 Å². The highest BCUT2D eigenvalue weighted by molar-refractivity contribution is 5.77. The van der Waals surface area contributed by atoms with Crippen LogP contribution in [0.5, 0.6) is 0 Å². The van der Waals surface area contributed by atoms with Crippen molar-refractivity contribution in [3.05, 3.63) is 35.1 Å². The first-order valence-electron chi connectivity index (χ1n) is 4.30. The fraction of sp³-hybridized carbons (Fsp3) is 0.200. The number of halogens is 1. The van der Waals surface area contributed by atoms with Crippen LogP contribution in [-0.2, 0) is 11.2 Å². The fourth-order valence-corrected chi connectivity index (χ4v) is 1.20. The molecule has 0 fully saturated rings. The van der Waals surface area contributed by atoms with E-state index in [9.17, 15) is 14.0 Å². The molecule has 4 nitrogen and oxygen atoms in total. The number of rotatable bonds is 4. The number of ether oxygens (including phenoxy) is 1. The van der Waals surface area contributed by atoms with Crippen LogP contribution in [0, 0.1) is 5.82 Å². The first-order valence-corrected chi connectivity index (χ1v) is 4.30. The minimum absolute atomic E-state index is 0.0445. The number of carbonyl (C=O) groups is 2. The Labute approximate surface area is 85.8 Å². The van der Waals surface area contributed by atoms with Crippen LogP contribution in [-0.4, -0.2) is 19.0 Å². The van der Waals surface area contributed by atoms with Gasteiger partial charge >= 0.3 is 6.09 Å². The predicted octanol–water partition coefficient (Wildman–Crippen LogP) is 1.28. The summed E-state index contributed by atoms with van der Waals surface area (Å²) in [5.74, 6) is -0.493. The summed E-state index contributed by atoms with van der Waals surface area (Å²) in [4.78, 5) is 20.8. The molecule has 1 amide bonds. The molecule has 0 bridgehead atoms. The van der Waals surface area contributed by atoms with E-state index in [1.165, 1.54) is 18.2 Å². The first-order chi connectivity index (χ1) is 7.15. The topological polar surface area (TPSA) is 69.4 Å². The summed E-state index contributed by atoms with van der Waals surface area (Å²) in [5.41, 5.74) is 5.22. The van der Waals surface area contributed by atoms with Gasteiger partial charge in [-0.1, -0.05) is 12.1 Å². The standard InChI is InChI=1S/C10H10FNO3/c11-9-3-1-2-7(6-13)8(9)4-5-15-10(12)14/h1-3,6H,4-5H2,(H2,12,14). The molecule has 0 aliphatic heterocycles. The van der Waals surface area contributed by atoms with Crippen molar-refractivity contribution in [3.63, 3.8) is 0 Å². The first kappa shape index (κ1) is 11.2. The minimum Gasteiger partial charge on any atom is -0.449 e. The third-order valence-corrected chi connectivity index (χ3v) is 1.88. The van der Waals surface area contributed by atoms with Crippen LogP contribution in [0.25, 0.3) is 0 Å². The Hall–Kier alpha value is -1.91. The molecule has 0 spiro atoms. The zero-order chi connectivity index (χ0) is 11.3. The lowest BCUT2D eigenvalue weighted by Gasteiger charge is -2.05. The smallest absolute Gasteiger partial charge is 0.404 e. The van der Waals surface area contributed by atoms with Gasteiger partial charge in [-0.3, -0.25) is 4.79 Å². The summed E-state index contributed by atoms with van der Waals surface area (Å²) >= 11 is 0. The van der Waals surface area contributed by atoms with Crippen molar-refractivity contribution in [2.24, 2.45) is 5.73 Å². The van der Waals surface area contributed by atoms with Crippen LogP contribution < -0.4 is 5.73 Å². The van der Waals surface area contributed by atoms with Crippen molar-refractivity contribution in [1.29, 1.82) is 0 Å². The van der Waals surface area contributed by atoms with E-state index in [1.54, 1.807) is 0 Å². The molecule has 0 heterocycles. The van der Waals surface area contributed by atoms with E-state index in [4.69, 9.17) is 5.73 Å². The van der Waals surface area contributed by atoms with Crippen molar-refractivity contribution < 1.29 is 18.7 Å². The van der Waals surface area contributed by atoms with Gasteiger partial charge in [-0.2, -0.15) is 0 Å². The monoisotopic (exact) mass is 211 g/mol.